The van der Waals surface area contributed by atoms with E-state index in [-0.39, 0.29) is 12.0 Å². The lowest BCUT2D eigenvalue weighted by atomic mass is 10.5. The molecule has 0 aliphatic carbocycles. The molecule has 3 nitrogen and oxygen atoms in total. The number of halogens is 3. The molecule has 0 rings (SSSR count). The summed E-state index contributed by atoms with van der Waals surface area (Å²) in [4.78, 5) is 0. The van der Waals surface area contributed by atoms with E-state index in [9.17, 15) is 21.6 Å². The molecule has 0 heterocycles. The number of rotatable bonds is 3. The lowest BCUT2D eigenvalue weighted by Crippen LogP contribution is -2.16. The third-order valence-electron chi connectivity index (χ3n) is 0.900. The molecule has 0 bridgehead atoms. The number of hydrogen-bond acceptors (Lipinski definition) is 3. The molecule has 78 valence electrons. The van der Waals surface area contributed by atoms with Crippen molar-refractivity contribution in [1.29, 1.82) is 0 Å². The number of allylic oxidation sites excluding steroid dienone is 1. The van der Waals surface area contributed by atoms with Gasteiger partial charge in [0.15, 0.2) is 9.84 Å². The van der Waals surface area contributed by atoms with Crippen molar-refractivity contribution in [1.82, 2.24) is 0 Å². The maximum atomic E-state index is 12.0. The van der Waals surface area contributed by atoms with Crippen LogP contribution in [0.1, 0.15) is 6.92 Å². The van der Waals surface area contributed by atoms with Gasteiger partial charge in [-0.1, -0.05) is 0 Å². The average molecular weight is 218 g/mol. The number of sulfone groups is 1. The van der Waals surface area contributed by atoms with Crippen LogP contribution < -0.4 is 0 Å². The summed E-state index contributed by atoms with van der Waals surface area (Å²) in [5.74, 6) is -1.49. The number of alkyl halides is 3. The van der Waals surface area contributed by atoms with Crippen molar-refractivity contribution in [2.75, 3.05) is 12.9 Å². The zero-order valence-electron chi connectivity index (χ0n) is 7.05. The predicted molar refractivity (Wildman–Crippen MR) is 40.6 cm³/mol. The maximum Gasteiger partial charge on any atom is 0.449 e. The smallest absolute Gasteiger partial charge is 0.449 e. The van der Waals surface area contributed by atoms with Crippen LogP contribution in [0, 0.1) is 0 Å². The van der Waals surface area contributed by atoms with Crippen LogP contribution in [-0.2, 0) is 14.6 Å². The Morgan fingerprint density at radius 1 is 1.46 bits per heavy atom. The van der Waals surface area contributed by atoms with Crippen molar-refractivity contribution in [2.24, 2.45) is 0 Å². The van der Waals surface area contributed by atoms with Gasteiger partial charge in [-0.05, 0) is 6.92 Å². The topological polar surface area (TPSA) is 43.4 Å². The first-order valence-corrected chi connectivity index (χ1v) is 5.24. The van der Waals surface area contributed by atoms with Crippen LogP contribution in [0.25, 0.3) is 0 Å². The molecular weight excluding hydrogens is 209 g/mol. The summed E-state index contributed by atoms with van der Waals surface area (Å²) in [5, 5.41) is 0.0660. The Morgan fingerprint density at radius 2 is 1.92 bits per heavy atom. The minimum atomic E-state index is -4.76. The molecule has 0 aromatic heterocycles. The van der Waals surface area contributed by atoms with Gasteiger partial charge in [0.25, 0.3) is 0 Å². The first-order valence-electron chi connectivity index (χ1n) is 3.28. The summed E-state index contributed by atoms with van der Waals surface area (Å²) in [6, 6.07) is 0. The van der Waals surface area contributed by atoms with Gasteiger partial charge >= 0.3 is 6.18 Å². The standard InChI is InChI=1S/C6H9F3O3S/c1-3-12-5(6(7,8)9)4-13(2,10)11/h4H,3H2,1-2H3/b5-4-. The van der Waals surface area contributed by atoms with Crippen molar-refractivity contribution < 1.29 is 26.3 Å². The van der Waals surface area contributed by atoms with Crippen LogP contribution in [0.2, 0.25) is 0 Å². The summed E-state index contributed by atoms with van der Waals surface area (Å²) in [6.45, 7) is 1.10. The first kappa shape index (κ1) is 12.3. The molecule has 0 spiro atoms. The zero-order chi connectivity index (χ0) is 10.7. The van der Waals surface area contributed by atoms with Gasteiger partial charge in [-0.2, -0.15) is 13.2 Å². The zero-order valence-corrected chi connectivity index (χ0v) is 7.87. The van der Waals surface area contributed by atoms with Crippen LogP contribution >= 0.6 is 0 Å². The first-order chi connectivity index (χ1) is 5.67. The Bertz CT molecular complexity index is 289. The Kier molecular flexibility index (Phi) is 3.77. The molecule has 0 aromatic carbocycles. The van der Waals surface area contributed by atoms with Crippen molar-refractivity contribution in [3.05, 3.63) is 11.2 Å². The monoisotopic (exact) mass is 218 g/mol. The van der Waals surface area contributed by atoms with Crippen LogP contribution in [0.5, 0.6) is 0 Å². The highest BCUT2D eigenvalue weighted by Crippen LogP contribution is 2.26. The Morgan fingerprint density at radius 3 is 2.15 bits per heavy atom. The van der Waals surface area contributed by atoms with E-state index >= 15 is 0 Å². The normalized spacial score (nSPS) is 14.4. The Labute approximate surface area is 74.1 Å². The van der Waals surface area contributed by atoms with Crippen LogP contribution in [0.15, 0.2) is 11.2 Å². The second-order valence-corrected chi connectivity index (χ2v) is 4.14. The van der Waals surface area contributed by atoms with Gasteiger partial charge in [0, 0.05) is 6.26 Å². The van der Waals surface area contributed by atoms with Crippen LogP contribution in [-0.4, -0.2) is 27.5 Å². The molecule has 0 aromatic rings. The van der Waals surface area contributed by atoms with Gasteiger partial charge in [0.2, 0.25) is 5.76 Å². The summed E-state index contributed by atoms with van der Waals surface area (Å²) >= 11 is 0. The average Bonchev–Trinajstić information content (AvgIpc) is 1.81. The third-order valence-corrected chi connectivity index (χ3v) is 1.54. The number of ether oxygens (including phenoxy) is 1. The summed E-state index contributed by atoms with van der Waals surface area (Å²) in [7, 11) is -3.84. The minimum absolute atomic E-state index is 0.0660. The molecule has 0 saturated heterocycles. The Hall–Kier alpha value is -0.720. The molecule has 0 aliphatic heterocycles. The van der Waals surface area contributed by atoms with E-state index in [2.05, 4.69) is 4.74 Å². The summed E-state index contributed by atoms with van der Waals surface area (Å²) in [6.07, 6.45) is -4.10. The number of hydrogen-bond donors (Lipinski definition) is 0. The Balaban J connectivity index is 4.94. The van der Waals surface area contributed by atoms with Crippen molar-refractivity contribution in [3.8, 4) is 0 Å². The SMILES string of the molecule is CCO/C(=C\S(C)(=O)=O)C(F)(F)F. The fraction of sp³-hybridized carbons (Fsp3) is 0.667. The molecule has 7 heteroatoms. The van der Waals surface area contributed by atoms with Crippen molar-refractivity contribution in [2.45, 2.75) is 13.1 Å². The van der Waals surface area contributed by atoms with Gasteiger partial charge in [-0.3, -0.25) is 0 Å². The van der Waals surface area contributed by atoms with Crippen LogP contribution in [0.4, 0.5) is 13.2 Å². The highest BCUT2D eigenvalue weighted by molar-refractivity contribution is 7.93. The molecule has 13 heavy (non-hydrogen) atoms. The molecule has 0 radical (unpaired) electrons. The van der Waals surface area contributed by atoms with Gasteiger partial charge < -0.3 is 4.74 Å². The van der Waals surface area contributed by atoms with E-state index in [1.165, 1.54) is 6.92 Å². The predicted octanol–water partition coefficient (Wildman–Crippen LogP) is 1.47. The van der Waals surface area contributed by atoms with Crippen molar-refractivity contribution >= 4 is 9.84 Å². The van der Waals surface area contributed by atoms with Crippen LogP contribution in [0.3, 0.4) is 0 Å². The van der Waals surface area contributed by atoms with Gasteiger partial charge in [0.05, 0.1) is 12.0 Å². The molecular formula is C6H9F3O3S. The fourth-order valence-corrected chi connectivity index (χ4v) is 1.12. The van der Waals surface area contributed by atoms with E-state index in [1.54, 1.807) is 0 Å². The largest absolute Gasteiger partial charge is 0.489 e. The van der Waals surface area contributed by atoms with E-state index in [1.807, 2.05) is 0 Å². The minimum Gasteiger partial charge on any atom is -0.489 e. The molecule has 0 atom stereocenters. The third kappa shape index (κ3) is 5.51. The molecule has 0 fully saturated rings. The maximum absolute atomic E-state index is 12.0. The van der Waals surface area contributed by atoms with Crippen molar-refractivity contribution in [3.63, 3.8) is 0 Å². The highest BCUT2D eigenvalue weighted by atomic mass is 32.2. The van der Waals surface area contributed by atoms with E-state index < -0.39 is 21.8 Å². The second kappa shape index (κ2) is 3.99. The molecule has 0 aliphatic rings. The molecule has 0 amide bonds. The van der Waals surface area contributed by atoms with Gasteiger partial charge in [-0.25, -0.2) is 8.42 Å². The second-order valence-electron chi connectivity index (χ2n) is 2.24. The lowest BCUT2D eigenvalue weighted by molar-refractivity contribution is -0.129. The van der Waals surface area contributed by atoms with E-state index in [0.29, 0.717) is 6.26 Å². The highest BCUT2D eigenvalue weighted by Gasteiger charge is 2.36. The molecule has 0 saturated carbocycles. The summed E-state index contributed by atoms with van der Waals surface area (Å²) < 4.78 is 61.1. The fourth-order valence-electron chi connectivity index (χ4n) is 0.533. The van der Waals surface area contributed by atoms with E-state index in [0.717, 1.165) is 0 Å². The molecule has 0 unspecified atom stereocenters. The lowest BCUT2D eigenvalue weighted by Gasteiger charge is -2.10. The molecule has 0 N–H and O–H groups in total. The van der Waals surface area contributed by atoms with Gasteiger partial charge in [0.1, 0.15) is 0 Å². The summed E-state index contributed by atoms with van der Waals surface area (Å²) in [5.41, 5.74) is 0. The van der Waals surface area contributed by atoms with Gasteiger partial charge in [-0.15, -0.1) is 0 Å². The van der Waals surface area contributed by atoms with E-state index in [4.69, 9.17) is 0 Å². The quantitative estimate of drug-likeness (QED) is 0.674.